The fourth-order valence-corrected chi connectivity index (χ4v) is 2.84. The number of halogens is 3. The minimum Gasteiger partial charge on any atom is -0.330 e. The highest BCUT2D eigenvalue weighted by molar-refractivity contribution is 9.10. The van der Waals surface area contributed by atoms with E-state index in [0.29, 0.717) is 23.6 Å². The summed E-state index contributed by atoms with van der Waals surface area (Å²) >= 11 is 9.22. The molecule has 106 valence electrons. The van der Waals surface area contributed by atoms with E-state index in [1.165, 1.54) is 11.6 Å². The Hall–Kier alpha value is -0.900. The predicted molar refractivity (Wildman–Crippen MR) is 85.5 cm³/mol. The molecule has 0 aliphatic rings. The van der Waals surface area contributed by atoms with Crippen LogP contribution in [0.1, 0.15) is 11.1 Å². The highest BCUT2D eigenvalue weighted by Gasteiger charge is 2.12. The Balaban J connectivity index is 2.09. The SMILES string of the molecule is NCC(Cc1cccc(Br)c1)Cc1ccc(Cl)cc1F. The predicted octanol–water partition coefficient (Wildman–Crippen LogP) is 4.60. The lowest BCUT2D eigenvalue weighted by Gasteiger charge is -2.15. The van der Waals surface area contributed by atoms with E-state index in [2.05, 4.69) is 28.1 Å². The third kappa shape index (κ3) is 4.30. The molecule has 0 saturated heterocycles. The Morgan fingerprint density at radius 2 is 1.95 bits per heavy atom. The summed E-state index contributed by atoms with van der Waals surface area (Å²) < 4.78 is 14.9. The Morgan fingerprint density at radius 1 is 1.15 bits per heavy atom. The molecule has 2 N–H and O–H groups in total. The fraction of sp³-hybridized carbons (Fsp3) is 0.250. The Bertz CT molecular complexity index is 588. The highest BCUT2D eigenvalue weighted by Crippen LogP contribution is 2.21. The van der Waals surface area contributed by atoms with E-state index in [-0.39, 0.29) is 11.7 Å². The van der Waals surface area contributed by atoms with Crippen molar-refractivity contribution in [2.45, 2.75) is 12.8 Å². The standard InChI is InChI=1S/C16H16BrClFN/c17-14-3-1-2-11(8-14)6-12(10-20)7-13-4-5-15(18)9-16(13)19/h1-5,8-9,12H,6-7,10,20H2. The number of hydrogen-bond donors (Lipinski definition) is 1. The third-order valence-corrected chi connectivity index (χ3v) is 4.00. The lowest BCUT2D eigenvalue weighted by atomic mass is 9.92. The van der Waals surface area contributed by atoms with Crippen LogP contribution in [0.25, 0.3) is 0 Å². The summed E-state index contributed by atoms with van der Waals surface area (Å²) in [6, 6.07) is 12.9. The van der Waals surface area contributed by atoms with Gasteiger partial charge in [0.1, 0.15) is 5.82 Å². The molecule has 0 heterocycles. The van der Waals surface area contributed by atoms with Crippen molar-refractivity contribution in [1.82, 2.24) is 0 Å². The first-order chi connectivity index (χ1) is 9.58. The summed E-state index contributed by atoms with van der Waals surface area (Å²) in [6.07, 6.45) is 1.45. The van der Waals surface area contributed by atoms with E-state index in [4.69, 9.17) is 17.3 Å². The van der Waals surface area contributed by atoms with Gasteiger partial charge in [0.05, 0.1) is 0 Å². The van der Waals surface area contributed by atoms with Gasteiger partial charge in [-0.2, -0.15) is 0 Å². The van der Waals surface area contributed by atoms with Gasteiger partial charge in [0, 0.05) is 9.50 Å². The minimum absolute atomic E-state index is 0.208. The normalized spacial score (nSPS) is 12.4. The molecule has 20 heavy (non-hydrogen) atoms. The Labute approximate surface area is 132 Å². The first-order valence-electron chi connectivity index (χ1n) is 6.47. The molecule has 0 aliphatic carbocycles. The molecular weight excluding hydrogens is 341 g/mol. The third-order valence-electron chi connectivity index (χ3n) is 3.27. The number of rotatable bonds is 5. The van der Waals surface area contributed by atoms with Crippen molar-refractivity contribution in [1.29, 1.82) is 0 Å². The smallest absolute Gasteiger partial charge is 0.127 e. The summed E-state index contributed by atoms with van der Waals surface area (Å²) in [5.74, 6) is -0.0508. The molecule has 1 nitrogen and oxygen atoms in total. The zero-order chi connectivity index (χ0) is 14.5. The quantitative estimate of drug-likeness (QED) is 0.832. The van der Waals surface area contributed by atoms with Crippen LogP contribution in [0.5, 0.6) is 0 Å². The van der Waals surface area contributed by atoms with Gasteiger partial charge in [0.2, 0.25) is 0 Å². The van der Waals surface area contributed by atoms with Crippen LogP contribution in [0, 0.1) is 11.7 Å². The van der Waals surface area contributed by atoms with Gasteiger partial charge < -0.3 is 5.73 Å². The highest BCUT2D eigenvalue weighted by atomic mass is 79.9. The van der Waals surface area contributed by atoms with Crippen molar-refractivity contribution in [2.75, 3.05) is 6.54 Å². The van der Waals surface area contributed by atoms with Gasteiger partial charge in [-0.25, -0.2) is 4.39 Å². The molecule has 4 heteroatoms. The van der Waals surface area contributed by atoms with Gasteiger partial charge in [-0.1, -0.05) is 45.7 Å². The first kappa shape index (κ1) is 15.5. The topological polar surface area (TPSA) is 26.0 Å². The molecule has 2 aromatic rings. The molecule has 0 radical (unpaired) electrons. The molecular formula is C16H16BrClFN. The molecule has 2 rings (SSSR count). The molecule has 0 fully saturated rings. The van der Waals surface area contributed by atoms with Crippen molar-refractivity contribution in [3.63, 3.8) is 0 Å². The van der Waals surface area contributed by atoms with Gasteiger partial charge in [-0.05, 0) is 60.7 Å². The van der Waals surface area contributed by atoms with Crippen LogP contribution in [0.2, 0.25) is 5.02 Å². The van der Waals surface area contributed by atoms with Crippen LogP contribution < -0.4 is 5.73 Å². The van der Waals surface area contributed by atoms with Crippen LogP contribution >= 0.6 is 27.5 Å². The van der Waals surface area contributed by atoms with Crippen molar-refractivity contribution < 1.29 is 4.39 Å². The Morgan fingerprint density at radius 3 is 2.60 bits per heavy atom. The van der Waals surface area contributed by atoms with Crippen LogP contribution in [-0.4, -0.2) is 6.54 Å². The monoisotopic (exact) mass is 355 g/mol. The number of benzene rings is 2. The lowest BCUT2D eigenvalue weighted by Crippen LogP contribution is -2.20. The van der Waals surface area contributed by atoms with Crippen molar-refractivity contribution in [3.8, 4) is 0 Å². The van der Waals surface area contributed by atoms with Crippen molar-refractivity contribution in [3.05, 3.63) is 68.9 Å². The zero-order valence-electron chi connectivity index (χ0n) is 11.0. The van der Waals surface area contributed by atoms with E-state index < -0.39 is 0 Å². The Kier molecular flexibility index (Phi) is 5.58. The second-order valence-corrected chi connectivity index (χ2v) is 6.23. The van der Waals surface area contributed by atoms with Gasteiger partial charge in [-0.3, -0.25) is 0 Å². The van der Waals surface area contributed by atoms with Gasteiger partial charge >= 0.3 is 0 Å². The maximum Gasteiger partial charge on any atom is 0.127 e. The average molecular weight is 357 g/mol. The molecule has 0 amide bonds. The zero-order valence-corrected chi connectivity index (χ0v) is 13.3. The second kappa shape index (κ2) is 7.21. The summed E-state index contributed by atoms with van der Waals surface area (Å²) in [5, 5.41) is 0.419. The van der Waals surface area contributed by atoms with Crippen LogP contribution in [0.3, 0.4) is 0 Å². The summed E-state index contributed by atoms with van der Waals surface area (Å²) in [5.41, 5.74) is 7.69. The summed E-state index contributed by atoms with van der Waals surface area (Å²) in [4.78, 5) is 0. The maximum absolute atomic E-state index is 13.8. The maximum atomic E-state index is 13.8. The minimum atomic E-state index is -0.259. The molecule has 1 atom stereocenters. The van der Waals surface area contributed by atoms with E-state index in [1.54, 1.807) is 12.1 Å². The summed E-state index contributed by atoms with van der Waals surface area (Å²) in [6.45, 7) is 0.522. The number of hydrogen-bond acceptors (Lipinski definition) is 1. The van der Waals surface area contributed by atoms with Gasteiger partial charge in [-0.15, -0.1) is 0 Å². The van der Waals surface area contributed by atoms with Crippen LogP contribution in [0.4, 0.5) is 4.39 Å². The second-order valence-electron chi connectivity index (χ2n) is 4.88. The molecule has 0 saturated carbocycles. The molecule has 0 aliphatic heterocycles. The van der Waals surface area contributed by atoms with Gasteiger partial charge in [0.15, 0.2) is 0 Å². The van der Waals surface area contributed by atoms with E-state index in [1.807, 2.05) is 12.1 Å². The van der Waals surface area contributed by atoms with Crippen LogP contribution in [0.15, 0.2) is 46.9 Å². The first-order valence-corrected chi connectivity index (χ1v) is 7.64. The lowest BCUT2D eigenvalue weighted by molar-refractivity contribution is 0.512. The van der Waals surface area contributed by atoms with Crippen LogP contribution in [-0.2, 0) is 12.8 Å². The molecule has 1 unspecified atom stereocenters. The molecule has 0 spiro atoms. The number of nitrogens with two attached hydrogens (primary N) is 1. The fourth-order valence-electron chi connectivity index (χ4n) is 2.23. The largest absolute Gasteiger partial charge is 0.330 e. The molecule has 2 aromatic carbocycles. The van der Waals surface area contributed by atoms with Crippen molar-refractivity contribution in [2.24, 2.45) is 11.7 Å². The van der Waals surface area contributed by atoms with E-state index in [9.17, 15) is 4.39 Å². The average Bonchev–Trinajstić information content (AvgIpc) is 2.41. The summed E-state index contributed by atoms with van der Waals surface area (Å²) in [7, 11) is 0. The van der Waals surface area contributed by atoms with E-state index in [0.717, 1.165) is 10.9 Å². The molecule has 0 bridgehead atoms. The molecule has 0 aromatic heterocycles. The van der Waals surface area contributed by atoms with E-state index >= 15 is 0 Å². The van der Waals surface area contributed by atoms with Gasteiger partial charge in [0.25, 0.3) is 0 Å². The van der Waals surface area contributed by atoms with Crippen molar-refractivity contribution >= 4 is 27.5 Å².